The molecule has 0 saturated carbocycles. The van der Waals surface area contributed by atoms with E-state index in [2.05, 4.69) is 10.6 Å². The lowest BCUT2D eigenvalue weighted by Gasteiger charge is -2.40. The van der Waals surface area contributed by atoms with Crippen molar-refractivity contribution < 1.29 is 44.6 Å². The number of aliphatic hydroxyl groups is 3. The monoisotopic (exact) mass is 458 g/mol. The number of nitrogens with one attached hydrogen (secondary N) is 2. The van der Waals surface area contributed by atoms with Crippen molar-refractivity contribution >= 4 is 35.0 Å². The van der Waals surface area contributed by atoms with Gasteiger partial charge in [0, 0.05) is 18.2 Å². The summed E-state index contributed by atoms with van der Waals surface area (Å²) in [6.07, 6.45) is -8.56. The highest BCUT2D eigenvalue weighted by Gasteiger charge is 2.47. The summed E-state index contributed by atoms with van der Waals surface area (Å²) in [5.74, 6) is -4.85. The Bertz CT molecular complexity index is 775. The van der Waals surface area contributed by atoms with E-state index in [0.29, 0.717) is 10.8 Å². The fourth-order valence-corrected chi connectivity index (χ4v) is 3.28. The normalized spacial score (nSPS) is 25.8. The summed E-state index contributed by atoms with van der Waals surface area (Å²) < 4.78 is 10.9. The Morgan fingerprint density at radius 2 is 1.65 bits per heavy atom. The van der Waals surface area contributed by atoms with Crippen LogP contribution < -0.4 is 15.4 Å². The minimum atomic E-state index is -1.86. The topological polar surface area (TPSA) is 178 Å². The first kappa shape index (κ1) is 24.8. The molecule has 0 aliphatic carbocycles. The van der Waals surface area contributed by atoms with Crippen LogP contribution in [0.15, 0.2) is 24.3 Å². The van der Waals surface area contributed by atoms with Gasteiger partial charge in [-0.05, 0) is 50.3 Å². The van der Waals surface area contributed by atoms with Gasteiger partial charge in [0.2, 0.25) is 6.29 Å². The highest BCUT2D eigenvalue weighted by Crippen LogP contribution is 2.28. The summed E-state index contributed by atoms with van der Waals surface area (Å²) in [6.45, 7) is 3.88. The van der Waals surface area contributed by atoms with Gasteiger partial charge >= 0.3 is 11.9 Å². The molecule has 0 radical (unpaired) electrons. The summed E-state index contributed by atoms with van der Waals surface area (Å²) >= 11 is 5.16. The minimum absolute atomic E-state index is 0.157. The van der Waals surface area contributed by atoms with Gasteiger partial charge in [-0.15, -0.1) is 0 Å². The minimum Gasteiger partial charge on any atom is -0.481 e. The lowest BCUT2D eigenvalue weighted by Crippen LogP contribution is -2.59. The third-order valence-electron chi connectivity index (χ3n) is 4.52. The zero-order valence-corrected chi connectivity index (χ0v) is 17.7. The van der Waals surface area contributed by atoms with Crippen LogP contribution in [0.25, 0.3) is 0 Å². The SMILES string of the molecule is CC(C)NC(=S)Nc1ccc(O[C@H]2O[C@H](CC(C(=O)O)C(=O)O)[C@@H](O)[C@H](O)[C@@H]2O)cc1. The molecule has 0 unspecified atom stereocenters. The van der Waals surface area contributed by atoms with Gasteiger partial charge in [-0.25, -0.2) is 0 Å². The molecule has 1 fully saturated rings. The van der Waals surface area contributed by atoms with Gasteiger partial charge in [-0.3, -0.25) is 9.59 Å². The van der Waals surface area contributed by atoms with E-state index in [9.17, 15) is 24.9 Å². The molecule has 0 aromatic heterocycles. The number of carbonyl (C=O) groups is 2. The summed E-state index contributed by atoms with van der Waals surface area (Å²) in [5, 5.41) is 54.8. The van der Waals surface area contributed by atoms with E-state index in [4.69, 9.17) is 31.9 Å². The molecule has 1 saturated heterocycles. The summed E-state index contributed by atoms with van der Waals surface area (Å²) in [6, 6.07) is 6.53. The quantitative estimate of drug-likeness (QED) is 0.201. The Balaban J connectivity index is 2.06. The average Bonchev–Trinajstić information content (AvgIpc) is 2.67. The maximum absolute atomic E-state index is 11.1. The first-order valence-corrected chi connectivity index (χ1v) is 9.90. The van der Waals surface area contributed by atoms with E-state index in [1.807, 2.05) is 13.8 Å². The summed E-state index contributed by atoms with van der Waals surface area (Å²) in [5.41, 5.74) is 0.662. The number of anilines is 1. The van der Waals surface area contributed by atoms with E-state index in [1.54, 1.807) is 24.3 Å². The molecular formula is C19H26N2O9S. The van der Waals surface area contributed by atoms with Crippen LogP contribution in [0, 0.1) is 5.92 Å². The number of carboxylic acid groups (broad SMARTS) is 2. The van der Waals surface area contributed by atoms with Gasteiger partial charge < -0.3 is 45.6 Å². The zero-order chi connectivity index (χ0) is 23.3. The van der Waals surface area contributed by atoms with Gasteiger partial charge in [0.05, 0.1) is 6.10 Å². The molecule has 11 nitrogen and oxygen atoms in total. The summed E-state index contributed by atoms with van der Waals surface area (Å²) in [7, 11) is 0. The van der Waals surface area contributed by atoms with Gasteiger partial charge in [-0.2, -0.15) is 0 Å². The molecule has 1 aromatic carbocycles. The van der Waals surface area contributed by atoms with E-state index >= 15 is 0 Å². The van der Waals surface area contributed by atoms with Crippen molar-refractivity contribution in [3.63, 3.8) is 0 Å². The van der Waals surface area contributed by atoms with Crippen LogP contribution in [0.4, 0.5) is 5.69 Å². The Hall–Kier alpha value is -2.51. The second-order valence-electron chi connectivity index (χ2n) is 7.37. The molecular weight excluding hydrogens is 432 g/mol. The number of thiocarbonyl (C=S) groups is 1. The van der Waals surface area contributed by atoms with E-state index in [1.165, 1.54) is 0 Å². The highest BCUT2D eigenvalue weighted by molar-refractivity contribution is 7.80. The van der Waals surface area contributed by atoms with Crippen molar-refractivity contribution in [2.75, 3.05) is 5.32 Å². The average molecular weight is 458 g/mol. The molecule has 7 N–H and O–H groups in total. The molecule has 2 rings (SSSR count). The molecule has 1 aliphatic rings. The Morgan fingerprint density at radius 1 is 1.06 bits per heavy atom. The van der Waals surface area contributed by atoms with Crippen LogP contribution in [0.2, 0.25) is 0 Å². The molecule has 0 spiro atoms. The molecule has 1 aliphatic heterocycles. The Kier molecular flexibility index (Phi) is 8.53. The van der Waals surface area contributed by atoms with Crippen molar-refractivity contribution in [3.05, 3.63) is 24.3 Å². The second-order valence-corrected chi connectivity index (χ2v) is 7.78. The highest BCUT2D eigenvalue weighted by atomic mass is 32.1. The van der Waals surface area contributed by atoms with Crippen LogP contribution >= 0.6 is 12.2 Å². The fourth-order valence-electron chi connectivity index (χ4n) is 2.93. The van der Waals surface area contributed by atoms with Gasteiger partial charge in [0.15, 0.2) is 11.0 Å². The molecule has 1 aromatic rings. The maximum Gasteiger partial charge on any atom is 0.317 e. The van der Waals surface area contributed by atoms with Gasteiger partial charge in [-0.1, -0.05) is 0 Å². The van der Waals surface area contributed by atoms with E-state index in [-0.39, 0.29) is 11.8 Å². The molecule has 5 atom stereocenters. The predicted molar refractivity (Wildman–Crippen MR) is 112 cm³/mol. The molecule has 31 heavy (non-hydrogen) atoms. The molecule has 1 heterocycles. The maximum atomic E-state index is 11.1. The largest absolute Gasteiger partial charge is 0.481 e. The van der Waals surface area contributed by atoms with Crippen LogP contribution in [0.5, 0.6) is 5.75 Å². The third kappa shape index (κ3) is 6.74. The molecule has 12 heteroatoms. The van der Waals surface area contributed by atoms with Crippen LogP contribution in [0.1, 0.15) is 20.3 Å². The van der Waals surface area contributed by atoms with Crippen LogP contribution in [-0.2, 0) is 14.3 Å². The van der Waals surface area contributed by atoms with E-state index in [0.717, 1.165) is 0 Å². The number of carboxylic acids is 2. The molecule has 0 amide bonds. The number of aliphatic hydroxyl groups excluding tert-OH is 3. The first-order chi connectivity index (χ1) is 14.5. The first-order valence-electron chi connectivity index (χ1n) is 9.49. The summed E-state index contributed by atoms with van der Waals surface area (Å²) in [4.78, 5) is 22.3. The predicted octanol–water partition coefficient (Wildman–Crippen LogP) is -0.257. The Labute approximate surface area is 183 Å². The molecule has 172 valence electrons. The van der Waals surface area contributed by atoms with E-state index < -0.39 is 55.0 Å². The lowest BCUT2D eigenvalue weighted by atomic mass is 9.91. The number of benzene rings is 1. The van der Waals surface area contributed by atoms with Crippen molar-refractivity contribution in [3.8, 4) is 5.75 Å². The lowest BCUT2D eigenvalue weighted by molar-refractivity contribution is -0.275. The Morgan fingerprint density at radius 3 is 2.16 bits per heavy atom. The van der Waals surface area contributed by atoms with Gasteiger partial charge in [0.1, 0.15) is 24.1 Å². The van der Waals surface area contributed by atoms with Crippen LogP contribution in [0.3, 0.4) is 0 Å². The van der Waals surface area contributed by atoms with Crippen molar-refractivity contribution in [1.29, 1.82) is 0 Å². The van der Waals surface area contributed by atoms with Crippen molar-refractivity contribution in [2.45, 2.75) is 57.0 Å². The third-order valence-corrected chi connectivity index (χ3v) is 4.74. The number of hydrogen-bond donors (Lipinski definition) is 7. The van der Waals surface area contributed by atoms with Crippen molar-refractivity contribution in [1.82, 2.24) is 5.32 Å². The standard InChI is InChI=1S/C19H26N2O9S/c1-8(2)20-19(31)21-9-3-5-10(6-4-9)29-18-15(24)14(23)13(22)12(30-18)7-11(16(25)26)17(27)28/h3-6,8,11-15,18,22-24H,7H2,1-2H3,(H,25,26)(H,27,28)(H2,20,21,31)/t12-,13-,14+,15+,18+/m1/s1. The van der Waals surface area contributed by atoms with Gasteiger partial charge in [0.25, 0.3) is 0 Å². The fraction of sp³-hybridized carbons (Fsp3) is 0.526. The number of aliphatic carboxylic acids is 2. The second kappa shape index (κ2) is 10.7. The molecule has 0 bridgehead atoms. The number of rotatable bonds is 8. The number of hydrogen-bond acceptors (Lipinski definition) is 8. The van der Waals surface area contributed by atoms with Crippen LogP contribution in [-0.4, -0.2) is 79.3 Å². The number of ether oxygens (including phenoxy) is 2. The van der Waals surface area contributed by atoms with Crippen molar-refractivity contribution in [2.24, 2.45) is 5.92 Å². The zero-order valence-electron chi connectivity index (χ0n) is 16.8. The smallest absolute Gasteiger partial charge is 0.317 e.